The molecule has 0 spiro atoms. The quantitative estimate of drug-likeness (QED) is 0.0961. The number of nitrogens with zero attached hydrogens (tertiary/aromatic N) is 2. The number of ether oxygens (including phenoxy) is 1. The van der Waals surface area contributed by atoms with Crippen LogP contribution >= 0.6 is 0 Å². The number of nitrogens with one attached hydrogen (secondary N) is 1. The summed E-state index contributed by atoms with van der Waals surface area (Å²) < 4.78 is 5.38. The fourth-order valence-corrected chi connectivity index (χ4v) is 4.32. The normalized spacial score (nSPS) is 11.1. The minimum Gasteiger partial charge on any atom is -0.466 e. The molecule has 214 valence electrons. The molecule has 0 aromatic carbocycles. The maximum absolute atomic E-state index is 12.7. The number of urea groups is 1. The van der Waals surface area contributed by atoms with Crippen LogP contribution in [0.3, 0.4) is 0 Å². The van der Waals surface area contributed by atoms with Crippen molar-refractivity contribution >= 4 is 12.0 Å². The SMILES string of the molecule is CCCCCCCCCOC(=O)CCCCCCCN(CCCCCCCC)C(=O)NCCN(C)C. The predicted molar refractivity (Wildman–Crippen MR) is 154 cm³/mol. The van der Waals surface area contributed by atoms with Crippen LogP contribution in [0.4, 0.5) is 4.79 Å². The fourth-order valence-electron chi connectivity index (χ4n) is 4.32. The van der Waals surface area contributed by atoms with Crippen molar-refractivity contribution in [2.75, 3.05) is 46.9 Å². The summed E-state index contributed by atoms with van der Waals surface area (Å²) in [6.07, 6.45) is 21.8. The van der Waals surface area contributed by atoms with Crippen molar-refractivity contribution in [2.24, 2.45) is 0 Å². The number of hydrogen-bond acceptors (Lipinski definition) is 4. The van der Waals surface area contributed by atoms with E-state index in [2.05, 4.69) is 24.1 Å². The van der Waals surface area contributed by atoms with E-state index >= 15 is 0 Å². The Hall–Kier alpha value is -1.30. The first-order valence-electron chi connectivity index (χ1n) is 15.3. The molecule has 0 saturated carbocycles. The van der Waals surface area contributed by atoms with Crippen molar-refractivity contribution < 1.29 is 14.3 Å². The molecule has 0 unspecified atom stereocenters. The van der Waals surface area contributed by atoms with Crippen molar-refractivity contribution in [3.05, 3.63) is 0 Å². The highest BCUT2D eigenvalue weighted by atomic mass is 16.5. The van der Waals surface area contributed by atoms with Gasteiger partial charge >= 0.3 is 12.0 Å². The fraction of sp³-hybridized carbons (Fsp3) is 0.933. The Morgan fingerprint density at radius 2 is 1.08 bits per heavy atom. The molecule has 6 nitrogen and oxygen atoms in total. The van der Waals surface area contributed by atoms with Gasteiger partial charge in [0.2, 0.25) is 0 Å². The van der Waals surface area contributed by atoms with Crippen LogP contribution < -0.4 is 5.32 Å². The Morgan fingerprint density at radius 3 is 1.61 bits per heavy atom. The van der Waals surface area contributed by atoms with Crippen LogP contribution in [0.25, 0.3) is 0 Å². The van der Waals surface area contributed by atoms with Crippen LogP contribution in [0.5, 0.6) is 0 Å². The maximum atomic E-state index is 12.7. The summed E-state index contributed by atoms with van der Waals surface area (Å²) in [5.41, 5.74) is 0. The summed E-state index contributed by atoms with van der Waals surface area (Å²) in [4.78, 5) is 28.7. The van der Waals surface area contributed by atoms with E-state index in [4.69, 9.17) is 4.74 Å². The van der Waals surface area contributed by atoms with Crippen molar-refractivity contribution in [1.29, 1.82) is 0 Å². The van der Waals surface area contributed by atoms with E-state index in [0.717, 1.165) is 64.6 Å². The van der Waals surface area contributed by atoms with E-state index in [1.54, 1.807) is 0 Å². The van der Waals surface area contributed by atoms with E-state index < -0.39 is 0 Å². The Bertz CT molecular complexity index is 500. The number of amides is 2. The molecule has 0 aliphatic rings. The first kappa shape index (κ1) is 34.7. The van der Waals surface area contributed by atoms with Gasteiger partial charge in [-0.15, -0.1) is 0 Å². The van der Waals surface area contributed by atoms with Gasteiger partial charge in [0, 0.05) is 32.6 Å². The van der Waals surface area contributed by atoms with Crippen LogP contribution in [0.15, 0.2) is 0 Å². The highest BCUT2D eigenvalue weighted by molar-refractivity contribution is 5.74. The molecule has 0 aliphatic heterocycles. The number of rotatable bonds is 26. The maximum Gasteiger partial charge on any atom is 0.317 e. The topological polar surface area (TPSA) is 61.9 Å². The van der Waals surface area contributed by atoms with Crippen molar-refractivity contribution in [3.8, 4) is 0 Å². The second kappa shape index (κ2) is 26.8. The van der Waals surface area contributed by atoms with Crippen molar-refractivity contribution in [2.45, 2.75) is 136 Å². The van der Waals surface area contributed by atoms with Gasteiger partial charge in [-0.1, -0.05) is 104 Å². The molecule has 1 N–H and O–H groups in total. The van der Waals surface area contributed by atoms with Crippen LogP contribution in [-0.2, 0) is 9.53 Å². The molecule has 0 saturated heterocycles. The summed E-state index contributed by atoms with van der Waals surface area (Å²) in [6.45, 7) is 8.28. The smallest absolute Gasteiger partial charge is 0.317 e. The van der Waals surface area contributed by atoms with E-state index in [9.17, 15) is 9.59 Å². The van der Waals surface area contributed by atoms with Gasteiger partial charge in [0.25, 0.3) is 0 Å². The average Bonchev–Trinajstić information content (AvgIpc) is 2.85. The third-order valence-electron chi connectivity index (χ3n) is 6.72. The van der Waals surface area contributed by atoms with Gasteiger partial charge < -0.3 is 19.9 Å². The van der Waals surface area contributed by atoms with Gasteiger partial charge in [0.15, 0.2) is 0 Å². The number of likely N-dealkylation sites (N-methyl/N-ethyl adjacent to an activating group) is 1. The molecule has 0 radical (unpaired) electrons. The minimum absolute atomic E-state index is 0.0412. The zero-order chi connectivity index (χ0) is 26.7. The summed E-state index contributed by atoms with van der Waals surface area (Å²) in [5, 5.41) is 3.08. The molecule has 0 aliphatic carbocycles. The summed E-state index contributed by atoms with van der Waals surface area (Å²) in [5.74, 6) is -0.0412. The second-order valence-electron chi connectivity index (χ2n) is 10.6. The lowest BCUT2D eigenvalue weighted by atomic mass is 10.1. The third-order valence-corrected chi connectivity index (χ3v) is 6.72. The molecule has 0 aromatic rings. The van der Waals surface area contributed by atoms with Crippen LogP contribution in [0.2, 0.25) is 0 Å². The first-order chi connectivity index (χ1) is 17.5. The largest absolute Gasteiger partial charge is 0.466 e. The van der Waals surface area contributed by atoms with Gasteiger partial charge in [0.1, 0.15) is 0 Å². The van der Waals surface area contributed by atoms with Crippen LogP contribution in [0.1, 0.15) is 136 Å². The summed E-state index contributed by atoms with van der Waals surface area (Å²) in [7, 11) is 4.05. The lowest BCUT2D eigenvalue weighted by Gasteiger charge is -2.24. The van der Waals surface area contributed by atoms with Gasteiger partial charge in [0.05, 0.1) is 6.61 Å². The zero-order valence-corrected chi connectivity index (χ0v) is 24.6. The van der Waals surface area contributed by atoms with Gasteiger partial charge in [-0.2, -0.15) is 0 Å². The molecule has 0 rings (SSSR count). The number of unbranched alkanes of at least 4 members (excludes halogenated alkanes) is 15. The Kier molecular flexibility index (Phi) is 25.8. The molecule has 0 aromatic heterocycles. The van der Waals surface area contributed by atoms with E-state index in [-0.39, 0.29) is 12.0 Å². The van der Waals surface area contributed by atoms with Gasteiger partial charge in [-0.25, -0.2) is 4.79 Å². The number of carbonyl (C=O) groups is 2. The van der Waals surface area contributed by atoms with Gasteiger partial charge in [-0.3, -0.25) is 4.79 Å². The minimum atomic E-state index is -0.0412. The molecule has 6 heteroatoms. The van der Waals surface area contributed by atoms with E-state index in [1.807, 2.05) is 19.0 Å². The summed E-state index contributed by atoms with van der Waals surface area (Å²) in [6, 6.07) is 0.0779. The van der Waals surface area contributed by atoms with E-state index in [0.29, 0.717) is 19.6 Å². The Morgan fingerprint density at radius 1 is 0.611 bits per heavy atom. The molecule has 0 bridgehead atoms. The molecule has 0 heterocycles. The monoisotopic (exact) mass is 511 g/mol. The van der Waals surface area contributed by atoms with Crippen molar-refractivity contribution in [3.63, 3.8) is 0 Å². The number of hydrogen-bond donors (Lipinski definition) is 1. The zero-order valence-electron chi connectivity index (χ0n) is 24.6. The molecular weight excluding hydrogens is 450 g/mol. The average molecular weight is 512 g/mol. The molecule has 36 heavy (non-hydrogen) atoms. The second-order valence-corrected chi connectivity index (χ2v) is 10.6. The standard InChI is InChI=1S/C30H61N3O3/c1-5-7-9-11-13-18-22-28-36-29(34)23-19-15-14-17-21-26-33(25-20-16-12-10-8-6-2)30(35)31-24-27-32(3)4/h5-28H2,1-4H3,(H,31,35). The Labute approximate surface area is 224 Å². The molecular formula is C30H61N3O3. The van der Waals surface area contributed by atoms with Crippen molar-refractivity contribution in [1.82, 2.24) is 15.1 Å². The highest BCUT2D eigenvalue weighted by Gasteiger charge is 2.12. The first-order valence-corrected chi connectivity index (χ1v) is 15.3. The van der Waals surface area contributed by atoms with Crippen LogP contribution in [0, 0.1) is 0 Å². The highest BCUT2D eigenvalue weighted by Crippen LogP contribution is 2.11. The van der Waals surface area contributed by atoms with E-state index in [1.165, 1.54) is 70.6 Å². The number of carbonyl (C=O) groups excluding carboxylic acids is 2. The van der Waals surface area contributed by atoms with Gasteiger partial charge in [-0.05, 0) is 39.8 Å². The van der Waals surface area contributed by atoms with Crippen LogP contribution in [-0.4, -0.2) is 68.7 Å². The third kappa shape index (κ3) is 24.4. The molecule has 2 amide bonds. The predicted octanol–water partition coefficient (Wildman–Crippen LogP) is 7.55. The molecule has 0 atom stereocenters. The number of esters is 1. The lowest BCUT2D eigenvalue weighted by molar-refractivity contribution is -0.143. The lowest BCUT2D eigenvalue weighted by Crippen LogP contribution is -2.43. The summed E-state index contributed by atoms with van der Waals surface area (Å²) >= 11 is 0. The Balaban J connectivity index is 3.89. The molecule has 0 fully saturated rings.